The van der Waals surface area contributed by atoms with Gasteiger partial charge in [-0.05, 0) is 43.4 Å². The zero-order chi connectivity index (χ0) is 20.0. The Morgan fingerprint density at radius 3 is 2.76 bits per heavy atom. The first kappa shape index (κ1) is 18.8. The van der Waals surface area contributed by atoms with E-state index in [1.807, 2.05) is 18.2 Å². The number of hydrogen-bond donors (Lipinski definition) is 3. The number of benzene rings is 1. The van der Waals surface area contributed by atoms with E-state index in [1.54, 1.807) is 4.90 Å². The van der Waals surface area contributed by atoms with Gasteiger partial charge in [-0.15, -0.1) is 0 Å². The molecule has 1 aliphatic carbocycles. The second-order valence-electron chi connectivity index (χ2n) is 8.86. The molecule has 2 atom stereocenters. The molecule has 1 spiro atoms. The fraction of sp³-hybridized carbons (Fsp3) is 0.591. The minimum atomic E-state index is -0.561. The number of piperidine rings is 1. The van der Waals surface area contributed by atoms with Crippen molar-refractivity contribution in [2.45, 2.75) is 75.7 Å². The van der Waals surface area contributed by atoms with Crippen molar-refractivity contribution < 1.29 is 14.4 Å². The summed E-state index contributed by atoms with van der Waals surface area (Å²) in [6.07, 6.45) is 6.80. The van der Waals surface area contributed by atoms with E-state index in [4.69, 9.17) is 0 Å². The smallest absolute Gasteiger partial charge is 0.255 e. The summed E-state index contributed by atoms with van der Waals surface area (Å²) in [6.45, 7) is 2.14. The van der Waals surface area contributed by atoms with Gasteiger partial charge >= 0.3 is 0 Å². The van der Waals surface area contributed by atoms with Crippen molar-refractivity contribution >= 4 is 17.7 Å². The summed E-state index contributed by atoms with van der Waals surface area (Å²) in [4.78, 5) is 38.6. The maximum Gasteiger partial charge on any atom is 0.255 e. The van der Waals surface area contributed by atoms with Gasteiger partial charge in [0.2, 0.25) is 11.8 Å². The van der Waals surface area contributed by atoms with Crippen molar-refractivity contribution in [3.8, 4) is 0 Å². The SMILES string of the molecule is O=C1CCC(N2Cc3cccc(CNC4CCNC45CCCC5)c3C2=O)C(=O)N1. The summed E-state index contributed by atoms with van der Waals surface area (Å²) in [7, 11) is 0. The van der Waals surface area contributed by atoms with Gasteiger partial charge in [0, 0.05) is 36.7 Å². The molecule has 1 saturated carbocycles. The molecule has 0 aromatic heterocycles. The molecule has 1 aromatic carbocycles. The molecule has 2 saturated heterocycles. The Labute approximate surface area is 170 Å². The normalized spacial score (nSPS) is 28.3. The largest absolute Gasteiger partial charge is 0.322 e. The van der Waals surface area contributed by atoms with Crippen LogP contribution in [0.5, 0.6) is 0 Å². The van der Waals surface area contributed by atoms with Crippen molar-refractivity contribution in [3.63, 3.8) is 0 Å². The average Bonchev–Trinajstić information content (AvgIpc) is 3.42. The highest BCUT2D eigenvalue weighted by molar-refractivity contribution is 6.05. The average molecular weight is 396 g/mol. The molecule has 7 heteroatoms. The van der Waals surface area contributed by atoms with Gasteiger partial charge in [-0.2, -0.15) is 0 Å². The maximum atomic E-state index is 13.2. The van der Waals surface area contributed by atoms with Crippen LogP contribution in [0.3, 0.4) is 0 Å². The van der Waals surface area contributed by atoms with E-state index in [-0.39, 0.29) is 29.7 Å². The lowest BCUT2D eigenvalue weighted by Gasteiger charge is -2.32. The Morgan fingerprint density at radius 2 is 1.97 bits per heavy atom. The van der Waals surface area contributed by atoms with Crippen molar-refractivity contribution in [1.29, 1.82) is 0 Å². The Hall–Kier alpha value is -2.25. The number of nitrogens with one attached hydrogen (secondary N) is 3. The molecule has 154 valence electrons. The minimum absolute atomic E-state index is 0.0907. The number of imide groups is 1. The zero-order valence-electron chi connectivity index (χ0n) is 16.6. The molecule has 0 radical (unpaired) electrons. The van der Waals surface area contributed by atoms with Crippen LogP contribution in [0.4, 0.5) is 0 Å². The second kappa shape index (κ2) is 7.22. The predicted molar refractivity (Wildman–Crippen MR) is 107 cm³/mol. The molecule has 3 fully saturated rings. The number of amides is 3. The molecule has 3 amide bonds. The summed E-state index contributed by atoms with van der Waals surface area (Å²) in [6, 6.07) is 5.85. The lowest BCUT2D eigenvalue weighted by Crippen LogP contribution is -2.52. The van der Waals surface area contributed by atoms with E-state index in [9.17, 15) is 14.4 Å². The third kappa shape index (κ3) is 3.16. The highest BCUT2D eigenvalue weighted by atomic mass is 16.2. The number of hydrogen-bond acceptors (Lipinski definition) is 5. The fourth-order valence-electron chi connectivity index (χ4n) is 5.76. The van der Waals surface area contributed by atoms with E-state index in [2.05, 4.69) is 16.0 Å². The van der Waals surface area contributed by atoms with Crippen molar-refractivity contribution in [3.05, 3.63) is 34.9 Å². The van der Waals surface area contributed by atoms with Crippen molar-refractivity contribution in [2.24, 2.45) is 0 Å². The third-order valence-corrected chi connectivity index (χ3v) is 7.25. The lowest BCUT2D eigenvalue weighted by molar-refractivity contribution is -0.136. The topological polar surface area (TPSA) is 90.5 Å². The van der Waals surface area contributed by atoms with E-state index < -0.39 is 6.04 Å². The molecule has 4 aliphatic rings. The van der Waals surface area contributed by atoms with E-state index in [1.165, 1.54) is 25.7 Å². The fourth-order valence-corrected chi connectivity index (χ4v) is 5.76. The van der Waals surface area contributed by atoms with Gasteiger partial charge in [-0.3, -0.25) is 19.7 Å². The number of carbonyl (C=O) groups is 3. The number of rotatable bonds is 4. The lowest BCUT2D eigenvalue weighted by atomic mass is 9.90. The number of carbonyl (C=O) groups excluding carboxylic acids is 3. The quantitative estimate of drug-likeness (QED) is 0.666. The summed E-state index contributed by atoms with van der Waals surface area (Å²) >= 11 is 0. The Balaban J connectivity index is 1.32. The summed E-state index contributed by atoms with van der Waals surface area (Å²) in [5.41, 5.74) is 2.93. The molecule has 3 N–H and O–H groups in total. The first-order valence-electron chi connectivity index (χ1n) is 10.8. The second-order valence-corrected chi connectivity index (χ2v) is 8.86. The van der Waals surface area contributed by atoms with Crippen molar-refractivity contribution in [1.82, 2.24) is 20.9 Å². The van der Waals surface area contributed by atoms with Gasteiger partial charge in [0.1, 0.15) is 6.04 Å². The van der Waals surface area contributed by atoms with Gasteiger partial charge in [-0.25, -0.2) is 0 Å². The van der Waals surface area contributed by atoms with Gasteiger partial charge < -0.3 is 15.5 Å². The molecule has 2 unspecified atom stereocenters. The molecule has 3 aliphatic heterocycles. The van der Waals surface area contributed by atoms with Gasteiger partial charge in [0.25, 0.3) is 5.91 Å². The van der Waals surface area contributed by atoms with Gasteiger partial charge in [-0.1, -0.05) is 31.0 Å². The Morgan fingerprint density at radius 1 is 1.14 bits per heavy atom. The molecule has 5 rings (SSSR count). The van der Waals surface area contributed by atoms with Crippen LogP contribution in [0.25, 0.3) is 0 Å². The van der Waals surface area contributed by atoms with E-state index in [0.717, 1.165) is 29.7 Å². The molecule has 3 heterocycles. The van der Waals surface area contributed by atoms with Crippen LogP contribution >= 0.6 is 0 Å². The Kier molecular flexibility index (Phi) is 4.67. The maximum absolute atomic E-state index is 13.2. The van der Waals surface area contributed by atoms with Crippen LogP contribution in [0, 0.1) is 0 Å². The van der Waals surface area contributed by atoms with E-state index in [0.29, 0.717) is 25.6 Å². The van der Waals surface area contributed by atoms with Crippen LogP contribution in [-0.4, -0.2) is 46.8 Å². The highest BCUT2D eigenvalue weighted by Gasteiger charge is 2.44. The summed E-state index contributed by atoms with van der Waals surface area (Å²) < 4.78 is 0. The first-order valence-corrected chi connectivity index (χ1v) is 10.8. The Bertz CT molecular complexity index is 856. The van der Waals surface area contributed by atoms with Gasteiger partial charge in [0.15, 0.2) is 0 Å². The summed E-state index contributed by atoms with van der Waals surface area (Å²) in [5.74, 6) is -0.708. The van der Waals surface area contributed by atoms with E-state index >= 15 is 0 Å². The minimum Gasteiger partial charge on any atom is -0.322 e. The monoisotopic (exact) mass is 396 g/mol. The molecular formula is C22H28N4O3. The molecule has 29 heavy (non-hydrogen) atoms. The van der Waals surface area contributed by atoms with Gasteiger partial charge in [0.05, 0.1) is 0 Å². The third-order valence-electron chi connectivity index (χ3n) is 7.25. The zero-order valence-corrected chi connectivity index (χ0v) is 16.6. The predicted octanol–water partition coefficient (Wildman–Crippen LogP) is 1.21. The molecule has 7 nitrogen and oxygen atoms in total. The summed E-state index contributed by atoms with van der Waals surface area (Å²) in [5, 5.41) is 9.83. The first-order chi connectivity index (χ1) is 14.1. The van der Waals surface area contributed by atoms with Crippen LogP contribution < -0.4 is 16.0 Å². The highest BCUT2D eigenvalue weighted by Crippen LogP contribution is 2.37. The number of fused-ring (bicyclic) bond motifs is 1. The van der Waals surface area contributed by atoms with Crippen molar-refractivity contribution in [2.75, 3.05) is 6.54 Å². The van der Waals surface area contributed by atoms with Crippen LogP contribution in [0.1, 0.15) is 66.4 Å². The standard InChI is InChI=1S/C22H28N4O3/c27-18-7-6-16(20(28)25-18)26-13-15-5-3-4-14(19(15)21(26)29)12-23-17-8-11-24-22(17)9-1-2-10-22/h3-5,16-17,23-24H,1-2,6-13H2,(H,25,27,28). The van der Waals surface area contributed by atoms with Crippen LogP contribution in [-0.2, 0) is 22.7 Å². The molecular weight excluding hydrogens is 368 g/mol. The molecule has 1 aromatic rings. The van der Waals surface area contributed by atoms with Crippen LogP contribution in [0.15, 0.2) is 18.2 Å². The van der Waals surface area contributed by atoms with Crippen LogP contribution in [0.2, 0.25) is 0 Å². The molecule has 0 bridgehead atoms. The number of nitrogens with zero attached hydrogens (tertiary/aromatic N) is 1.